The van der Waals surface area contributed by atoms with Crippen molar-refractivity contribution in [2.75, 3.05) is 36.0 Å². The van der Waals surface area contributed by atoms with E-state index >= 15 is 0 Å². The van der Waals surface area contributed by atoms with Crippen LogP contribution >= 0.6 is 23.4 Å². The van der Waals surface area contributed by atoms with Crippen LogP contribution in [0.2, 0.25) is 5.15 Å². The van der Waals surface area contributed by atoms with Crippen molar-refractivity contribution >= 4 is 40.8 Å². The van der Waals surface area contributed by atoms with Crippen LogP contribution < -0.4 is 15.1 Å². The first-order chi connectivity index (χ1) is 19.9. The van der Waals surface area contributed by atoms with E-state index in [9.17, 15) is 9.18 Å². The Morgan fingerprint density at radius 1 is 0.927 bits per heavy atom. The molecule has 0 aliphatic carbocycles. The highest BCUT2D eigenvalue weighted by Crippen LogP contribution is 2.27. The number of halogens is 2. The number of piperazine rings is 1. The zero-order valence-corrected chi connectivity index (χ0v) is 24.5. The number of nitrogens with one attached hydrogen (secondary N) is 1. The maximum Gasteiger partial charge on any atom is 0.251 e. The van der Waals surface area contributed by atoms with E-state index in [1.54, 1.807) is 12.1 Å². The average Bonchev–Trinajstić information content (AvgIpc) is 3.00. The number of anilines is 2. The number of amides is 1. The van der Waals surface area contributed by atoms with Crippen molar-refractivity contribution in [2.45, 2.75) is 36.7 Å². The van der Waals surface area contributed by atoms with Gasteiger partial charge < -0.3 is 15.1 Å². The van der Waals surface area contributed by atoms with Gasteiger partial charge in [-0.15, -0.1) is 0 Å². The van der Waals surface area contributed by atoms with E-state index in [0.717, 1.165) is 24.2 Å². The summed E-state index contributed by atoms with van der Waals surface area (Å²) >= 11 is 7.85. The molecule has 0 radical (unpaired) electrons. The molecule has 0 bridgehead atoms. The van der Waals surface area contributed by atoms with Crippen LogP contribution in [0.3, 0.4) is 0 Å². The van der Waals surface area contributed by atoms with Crippen LogP contribution in [0.1, 0.15) is 34.8 Å². The van der Waals surface area contributed by atoms with Gasteiger partial charge in [0.15, 0.2) is 5.16 Å². The Bertz CT molecular complexity index is 1470. The molecule has 1 atom stereocenters. The Morgan fingerprint density at radius 3 is 2.41 bits per heavy atom. The fraction of sp³-hybridized carbons (Fsp3) is 0.281. The molecule has 9 heteroatoms. The van der Waals surface area contributed by atoms with Gasteiger partial charge in [-0.2, -0.15) is 0 Å². The first kappa shape index (κ1) is 28.9. The van der Waals surface area contributed by atoms with E-state index in [-0.39, 0.29) is 17.8 Å². The summed E-state index contributed by atoms with van der Waals surface area (Å²) in [5, 5.41) is 4.08. The summed E-state index contributed by atoms with van der Waals surface area (Å²) in [4.78, 5) is 26.3. The van der Waals surface area contributed by atoms with E-state index in [1.165, 1.54) is 23.4 Å². The van der Waals surface area contributed by atoms with Crippen molar-refractivity contribution in [2.24, 2.45) is 0 Å². The number of hydrogen-bond acceptors (Lipinski definition) is 6. The minimum atomic E-state index is -0.205. The fourth-order valence-corrected chi connectivity index (χ4v) is 5.88. The first-order valence-corrected chi connectivity index (χ1v) is 15.2. The number of thioether (sulfide) groups is 1. The molecule has 0 spiro atoms. The average molecular weight is 590 g/mol. The highest BCUT2D eigenvalue weighted by atomic mass is 35.5. The van der Waals surface area contributed by atoms with E-state index in [4.69, 9.17) is 16.6 Å². The minimum Gasteiger partial charge on any atom is -0.366 e. The van der Waals surface area contributed by atoms with E-state index < -0.39 is 0 Å². The van der Waals surface area contributed by atoms with Crippen molar-refractivity contribution in [1.82, 2.24) is 15.3 Å². The molecule has 4 aromatic rings. The number of rotatable bonds is 10. The molecule has 1 saturated heterocycles. The van der Waals surface area contributed by atoms with Crippen LogP contribution in [-0.2, 0) is 12.2 Å². The molecule has 1 aromatic heterocycles. The third kappa shape index (κ3) is 7.99. The van der Waals surface area contributed by atoms with Gasteiger partial charge in [0, 0.05) is 49.6 Å². The maximum atomic E-state index is 14.2. The maximum absolute atomic E-state index is 14.2. The second-order valence-corrected chi connectivity index (χ2v) is 11.5. The minimum absolute atomic E-state index is 0.0626. The number of nitrogens with zero attached hydrogens (tertiary/aromatic N) is 4. The smallest absolute Gasteiger partial charge is 0.251 e. The molecule has 6 nitrogen and oxygen atoms in total. The normalized spacial score (nSPS) is 14.1. The quantitative estimate of drug-likeness (QED) is 0.127. The Labute approximate surface area is 250 Å². The van der Waals surface area contributed by atoms with Gasteiger partial charge in [-0.3, -0.25) is 4.79 Å². The molecule has 1 aliphatic rings. The molecular weight excluding hydrogens is 557 g/mol. The Kier molecular flexibility index (Phi) is 9.75. The van der Waals surface area contributed by atoms with Crippen molar-refractivity contribution in [3.05, 3.63) is 113 Å². The summed E-state index contributed by atoms with van der Waals surface area (Å²) in [5.41, 5.74) is 3.53. The third-order valence-corrected chi connectivity index (χ3v) is 8.21. The van der Waals surface area contributed by atoms with Crippen LogP contribution in [0, 0.1) is 5.82 Å². The van der Waals surface area contributed by atoms with Gasteiger partial charge in [-0.05, 0) is 55.2 Å². The number of para-hydroxylation sites is 1. The van der Waals surface area contributed by atoms with E-state index in [0.29, 0.717) is 53.5 Å². The number of benzene rings is 3. The second kappa shape index (κ2) is 13.8. The Hall–Kier alpha value is -3.62. The number of aromatic nitrogens is 2. The van der Waals surface area contributed by atoms with Gasteiger partial charge in [-0.1, -0.05) is 78.0 Å². The zero-order chi connectivity index (χ0) is 28.6. The number of carbonyl (C=O) groups is 1. The molecule has 1 aliphatic heterocycles. The lowest BCUT2D eigenvalue weighted by molar-refractivity contribution is 0.0938. The van der Waals surface area contributed by atoms with Crippen LogP contribution in [0.25, 0.3) is 0 Å². The molecule has 3 aromatic carbocycles. The molecule has 2 heterocycles. The summed E-state index contributed by atoms with van der Waals surface area (Å²) in [7, 11) is 0. The second-order valence-electron chi connectivity index (χ2n) is 10.1. The molecule has 1 unspecified atom stereocenters. The first-order valence-electron chi connectivity index (χ1n) is 13.8. The van der Waals surface area contributed by atoms with Gasteiger partial charge in [0.2, 0.25) is 0 Å². The van der Waals surface area contributed by atoms with Gasteiger partial charge in [0.25, 0.3) is 5.91 Å². The standard InChI is InChI=1S/C32H33ClFN5OS/c1-23(14-15-24-8-3-2-4-9-24)35-31(40)26-11-7-10-25(20-26)22-41-32-36-29(33)21-30(37-32)39-18-16-38(17-19-39)28-13-6-5-12-27(28)34/h2-13,20-21,23H,14-19,22H2,1H3,(H,35,40). The van der Waals surface area contributed by atoms with E-state index in [2.05, 4.69) is 32.2 Å². The highest BCUT2D eigenvalue weighted by Gasteiger charge is 2.21. The lowest BCUT2D eigenvalue weighted by Gasteiger charge is -2.36. The molecular formula is C32H33ClFN5OS. The van der Waals surface area contributed by atoms with Gasteiger partial charge in [0.1, 0.15) is 16.8 Å². The third-order valence-electron chi connectivity index (χ3n) is 7.10. The van der Waals surface area contributed by atoms with Gasteiger partial charge in [-0.25, -0.2) is 14.4 Å². The predicted octanol–water partition coefficient (Wildman–Crippen LogP) is 6.64. The van der Waals surface area contributed by atoms with Crippen LogP contribution in [0.5, 0.6) is 0 Å². The molecule has 41 heavy (non-hydrogen) atoms. The topological polar surface area (TPSA) is 61.4 Å². The van der Waals surface area contributed by atoms with Gasteiger partial charge >= 0.3 is 0 Å². The number of carbonyl (C=O) groups excluding carboxylic acids is 1. The lowest BCUT2D eigenvalue weighted by atomic mass is 10.1. The summed E-state index contributed by atoms with van der Waals surface area (Å²) in [6, 6.07) is 26.6. The van der Waals surface area contributed by atoms with Gasteiger partial charge in [0.05, 0.1) is 5.69 Å². The lowest BCUT2D eigenvalue weighted by Crippen LogP contribution is -2.47. The summed E-state index contributed by atoms with van der Waals surface area (Å²) < 4.78 is 14.2. The monoisotopic (exact) mass is 589 g/mol. The van der Waals surface area contributed by atoms with Crippen LogP contribution in [0.15, 0.2) is 90.1 Å². The van der Waals surface area contributed by atoms with Crippen LogP contribution in [-0.4, -0.2) is 48.1 Å². The van der Waals surface area contributed by atoms with Crippen molar-refractivity contribution < 1.29 is 9.18 Å². The molecule has 212 valence electrons. The largest absolute Gasteiger partial charge is 0.366 e. The van der Waals surface area contributed by atoms with Crippen molar-refractivity contribution in [3.63, 3.8) is 0 Å². The van der Waals surface area contributed by atoms with Crippen molar-refractivity contribution in [1.29, 1.82) is 0 Å². The number of hydrogen-bond donors (Lipinski definition) is 1. The predicted molar refractivity (Wildman–Crippen MR) is 166 cm³/mol. The fourth-order valence-electron chi connectivity index (χ4n) is 4.85. The summed E-state index contributed by atoms with van der Waals surface area (Å²) in [6.07, 6.45) is 1.79. The molecule has 1 fully saturated rings. The van der Waals surface area contributed by atoms with E-state index in [1.807, 2.05) is 61.5 Å². The Morgan fingerprint density at radius 2 is 1.63 bits per heavy atom. The summed E-state index contributed by atoms with van der Waals surface area (Å²) in [5.74, 6) is 1.08. The molecule has 0 saturated carbocycles. The summed E-state index contributed by atoms with van der Waals surface area (Å²) in [6.45, 7) is 4.81. The zero-order valence-electron chi connectivity index (χ0n) is 23.0. The van der Waals surface area contributed by atoms with Crippen molar-refractivity contribution in [3.8, 4) is 0 Å². The molecule has 1 N–H and O–H groups in total. The molecule has 1 amide bonds. The van der Waals surface area contributed by atoms with Crippen LogP contribution in [0.4, 0.5) is 15.9 Å². The molecule has 5 rings (SSSR count). The number of aryl methyl sites for hydroxylation is 1. The highest BCUT2D eigenvalue weighted by molar-refractivity contribution is 7.98. The SMILES string of the molecule is CC(CCc1ccccc1)NC(=O)c1cccc(CSc2nc(Cl)cc(N3CCN(c4ccccc4F)CC3)n2)c1. The Balaban J connectivity index is 1.15.